The number of aromatic nitrogens is 5. The van der Waals surface area contributed by atoms with Crippen LogP contribution in [0.15, 0.2) is 322 Å². The number of hydrogen-bond acceptors (Lipinski definition) is 2. The van der Waals surface area contributed by atoms with Crippen molar-refractivity contribution >= 4 is 109 Å². The molecule has 15 aromatic carbocycles. The van der Waals surface area contributed by atoms with E-state index in [4.69, 9.17) is 9.97 Å². The first-order valence-corrected chi connectivity index (χ1v) is 35.2. The summed E-state index contributed by atoms with van der Waals surface area (Å²) in [7, 11) is 0. The number of hydrogen-bond donors (Lipinski definition) is 0. The Bertz CT molecular complexity index is 7310. The second-order valence-corrected chi connectivity index (χ2v) is 28.5. The molecule has 0 radical (unpaired) electrons. The minimum absolute atomic E-state index is 0.559. The Labute approximate surface area is 578 Å². The van der Waals surface area contributed by atoms with Crippen molar-refractivity contribution in [3.63, 3.8) is 0 Å². The smallest absolute Gasteiger partial charge is 0.146 e. The zero-order chi connectivity index (χ0) is 65.3. The monoisotopic (exact) mass is 1280 g/mol. The van der Waals surface area contributed by atoms with Gasteiger partial charge in [-0.1, -0.05) is 249 Å². The van der Waals surface area contributed by atoms with E-state index in [1.54, 1.807) is 0 Å². The summed E-state index contributed by atoms with van der Waals surface area (Å²) in [4.78, 5) is 10.7. The topological polar surface area (TPSA) is 39.5 Å². The Morgan fingerprint density at radius 2 is 0.772 bits per heavy atom. The number of imidazole rings is 1. The lowest BCUT2D eigenvalue weighted by atomic mass is 9.64. The summed E-state index contributed by atoms with van der Waals surface area (Å²) in [5.74, 6) is 0. The predicted molar refractivity (Wildman–Crippen MR) is 415 cm³/mol. The largest absolute Gasteiger partial charge is 0.309 e. The van der Waals surface area contributed by atoms with E-state index in [-0.39, 0.29) is 0 Å². The molecule has 4 aliphatic rings. The normalized spacial score (nSPS) is 15.0. The summed E-state index contributed by atoms with van der Waals surface area (Å²) >= 11 is 0. The Balaban J connectivity index is 0.597. The van der Waals surface area contributed by atoms with Crippen molar-refractivity contribution in [2.75, 3.05) is 0 Å². The summed E-state index contributed by atoms with van der Waals surface area (Å²) in [6.07, 6.45) is 0. The van der Waals surface area contributed by atoms with Gasteiger partial charge in [0.15, 0.2) is 0 Å². The molecule has 2 aliphatic carbocycles. The zero-order valence-electron chi connectivity index (χ0n) is 54.3. The molecule has 0 bridgehead atoms. The third-order valence-electron chi connectivity index (χ3n) is 24.1. The van der Waals surface area contributed by atoms with Gasteiger partial charge in [0.25, 0.3) is 0 Å². The lowest BCUT2D eigenvalue weighted by Crippen LogP contribution is -2.34. The molecule has 1 atom stereocenters. The summed E-state index contributed by atoms with van der Waals surface area (Å²) in [6, 6.07) is 122. The van der Waals surface area contributed by atoms with Gasteiger partial charge in [-0.25, -0.2) is 9.97 Å². The van der Waals surface area contributed by atoms with E-state index >= 15 is 0 Å². The van der Waals surface area contributed by atoms with E-state index in [0.717, 1.165) is 44.2 Å². The fourth-order valence-electron chi connectivity index (χ4n) is 20.2. The third-order valence-corrected chi connectivity index (χ3v) is 24.1. The van der Waals surface area contributed by atoms with Crippen LogP contribution in [0.2, 0.25) is 0 Å². The van der Waals surface area contributed by atoms with Gasteiger partial charge in [0.1, 0.15) is 5.65 Å². The van der Waals surface area contributed by atoms with Crippen LogP contribution in [0.25, 0.3) is 182 Å². The van der Waals surface area contributed by atoms with Crippen molar-refractivity contribution in [3.05, 3.63) is 366 Å². The highest BCUT2D eigenvalue weighted by atomic mass is 15.0. The van der Waals surface area contributed by atoms with Gasteiger partial charge >= 0.3 is 0 Å². The van der Waals surface area contributed by atoms with Crippen LogP contribution >= 0.6 is 0 Å². The molecule has 0 amide bonds. The van der Waals surface area contributed by atoms with Gasteiger partial charge < -0.3 is 8.97 Å². The highest BCUT2D eigenvalue weighted by Gasteiger charge is 2.53. The SMILES string of the molecule is c1ccc2c(c1)-c1cccc(-c3ccc4nc(-c5ccc(-c6cc7c8cccc9c8n8c%10c(cccc%10c(c6)c78)C96c7ccccc7-c7ccc(-c8ccc9c%10ccccc%10n%10c%11ccccc%11nc%10c9c8)cc76)cc5)ccc4c3)c1C21c2ccccc2-n2c3ccccc3c3cccc1c32. The third kappa shape index (κ3) is 6.29. The maximum Gasteiger partial charge on any atom is 0.146 e. The Morgan fingerprint density at radius 3 is 1.55 bits per heavy atom. The lowest BCUT2D eigenvalue weighted by molar-refractivity contribution is 0.750. The quantitative estimate of drug-likeness (QED) is 0.165. The highest BCUT2D eigenvalue weighted by molar-refractivity contribution is 6.27. The second-order valence-electron chi connectivity index (χ2n) is 28.5. The van der Waals surface area contributed by atoms with Gasteiger partial charge in [-0.15, -0.1) is 0 Å². The summed E-state index contributed by atoms with van der Waals surface area (Å²) in [5.41, 5.74) is 36.7. The molecule has 462 valence electrons. The molecule has 2 aliphatic heterocycles. The van der Waals surface area contributed by atoms with Gasteiger partial charge in [-0.2, -0.15) is 0 Å². The summed E-state index contributed by atoms with van der Waals surface area (Å²) in [6.45, 7) is 0. The molecule has 1 unspecified atom stereocenters. The summed E-state index contributed by atoms with van der Waals surface area (Å²) < 4.78 is 7.50. The fourth-order valence-corrected chi connectivity index (χ4v) is 20.2. The molecule has 101 heavy (non-hydrogen) atoms. The average Bonchev–Trinajstić information content (AvgIpc) is 1.50. The van der Waals surface area contributed by atoms with Crippen molar-refractivity contribution < 1.29 is 0 Å². The number of para-hydroxylation sites is 8. The molecular formula is C96H53N5. The van der Waals surface area contributed by atoms with Crippen molar-refractivity contribution in [1.82, 2.24) is 23.3 Å². The number of nitrogens with zero attached hydrogens (tertiary/aromatic N) is 5. The molecular weight excluding hydrogens is 1220 g/mol. The molecule has 21 aromatic rings. The number of rotatable bonds is 4. The highest BCUT2D eigenvalue weighted by Crippen LogP contribution is 2.65. The zero-order valence-corrected chi connectivity index (χ0v) is 54.3. The van der Waals surface area contributed by atoms with Crippen LogP contribution in [0, 0.1) is 0 Å². The first kappa shape index (κ1) is 52.9. The van der Waals surface area contributed by atoms with E-state index < -0.39 is 10.8 Å². The second kappa shape index (κ2) is 18.5. The fraction of sp³-hybridized carbons (Fsp3) is 0.0208. The molecule has 2 spiro atoms. The summed E-state index contributed by atoms with van der Waals surface area (Å²) in [5, 5.41) is 12.4. The molecule has 5 heteroatoms. The lowest BCUT2D eigenvalue weighted by Gasteiger charge is -2.40. The van der Waals surface area contributed by atoms with Crippen LogP contribution in [0.5, 0.6) is 0 Å². The Kier molecular flexibility index (Phi) is 9.69. The minimum Gasteiger partial charge on any atom is -0.309 e. The van der Waals surface area contributed by atoms with Crippen LogP contribution < -0.4 is 0 Å². The Morgan fingerprint density at radius 1 is 0.238 bits per heavy atom. The standard InChI is InChI=1S/C96H53N5/c1-5-26-75-63(17-1)65-46-42-57(56-41-45-62-66-19-3-10-34-86(66)100-88-36-12-8-32-84(88)98-94(100)74(62)50-56)53-81(65)95(75)78-29-15-24-70-72-51-60(52-73-71-25-16-30-79(95)93(71)101(90(72)73)92(70)78)54-37-39-55(40-38-54)82-48-44-59-49-58(43-47-83(59)97-82)61-21-13-22-68-64-18-2-6-27-76(64)96(89(61)68)77-28-7-11-35-87(77)99-85-33-9-4-20-67(85)69-23-14-31-80(96)91(69)99/h1-53H. The maximum atomic E-state index is 5.42. The molecule has 0 fully saturated rings. The number of benzene rings is 15. The van der Waals surface area contributed by atoms with Crippen LogP contribution in [-0.4, -0.2) is 23.3 Å². The van der Waals surface area contributed by atoms with Crippen LogP contribution in [-0.2, 0) is 10.8 Å². The van der Waals surface area contributed by atoms with Crippen molar-refractivity contribution in [2.45, 2.75) is 10.8 Å². The maximum absolute atomic E-state index is 5.42. The van der Waals surface area contributed by atoms with Crippen molar-refractivity contribution in [2.24, 2.45) is 0 Å². The van der Waals surface area contributed by atoms with Gasteiger partial charge in [-0.05, 0) is 178 Å². The van der Waals surface area contributed by atoms with Gasteiger partial charge in [-0.3, -0.25) is 4.40 Å². The van der Waals surface area contributed by atoms with E-state index in [0.29, 0.717) is 0 Å². The molecule has 25 rings (SSSR count). The van der Waals surface area contributed by atoms with E-state index in [9.17, 15) is 0 Å². The number of pyridine rings is 2. The van der Waals surface area contributed by atoms with Gasteiger partial charge in [0.2, 0.25) is 0 Å². The molecule has 0 N–H and O–H groups in total. The van der Waals surface area contributed by atoms with Gasteiger partial charge in [0, 0.05) is 54.0 Å². The molecule has 5 nitrogen and oxygen atoms in total. The Hall–Kier alpha value is -13.2. The van der Waals surface area contributed by atoms with E-state index in [1.165, 1.54) is 182 Å². The first-order chi connectivity index (χ1) is 50.1. The van der Waals surface area contributed by atoms with Crippen molar-refractivity contribution in [3.8, 4) is 72.6 Å². The van der Waals surface area contributed by atoms with E-state index in [1.807, 2.05) is 0 Å². The van der Waals surface area contributed by atoms with Gasteiger partial charge in [0.05, 0.1) is 71.9 Å². The molecule has 6 aromatic heterocycles. The predicted octanol–water partition coefficient (Wildman–Crippen LogP) is 23.6. The molecule has 8 heterocycles. The molecule has 0 saturated carbocycles. The molecule has 0 saturated heterocycles. The van der Waals surface area contributed by atoms with Crippen LogP contribution in [0.3, 0.4) is 0 Å². The van der Waals surface area contributed by atoms with Crippen LogP contribution in [0.4, 0.5) is 0 Å². The average molecular weight is 1280 g/mol. The van der Waals surface area contributed by atoms with Crippen LogP contribution in [0.1, 0.15) is 44.5 Å². The number of fused-ring (bicyclic) bond motifs is 30. The van der Waals surface area contributed by atoms with Crippen molar-refractivity contribution in [1.29, 1.82) is 0 Å². The first-order valence-electron chi connectivity index (χ1n) is 35.2. The minimum atomic E-state index is -0.575. The van der Waals surface area contributed by atoms with E-state index in [2.05, 4.69) is 335 Å².